The van der Waals surface area contributed by atoms with Crippen LogP contribution in [0.4, 0.5) is 9.18 Å². The molecule has 5 aliphatic rings. The zero-order valence-electron chi connectivity index (χ0n) is 39.6. The lowest BCUT2D eigenvalue weighted by atomic mass is 9.85. The van der Waals surface area contributed by atoms with Crippen molar-refractivity contribution in [2.75, 3.05) is 26.3 Å². The molecule has 374 valence electrons. The van der Waals surface area contributed by atoms with Crippen LogP contribution in [0.15, 0.2) is 35.1 Å². The summed E-state index contributed by atoms with van der Waals surface area (Å²) >= 11 is 0. The topological polar surface area (TPSA) is 260 Å². The Kier molecular flexibility index (Phi) is 17.2. The quantitative estimate of drug-likeness (QED) is 0.0582. The molecule has 9 rings (SSSR count). The van der Waals surface area contributed by atoms with E-state index in [1.807, 2.05) is 13.8 Å². The molecule has 0 spiro atoms. The zero-order chi connectivity index (χ0) is 50.1. The van der Waals surface area contributed by atoms with Crippen LogP contribution < -0.4 is 26.7 Å². The first-order valence-corrected chi connectivity index (χ1v) is 23.9. The van der Waals surface area contributed by atoms with Crippen molar-refractivity contribution >= 4 is 34.8 Å². The molecule has 1 fully saturated rings. The van der Waals surface area contributed by atoms with Gasteiger partial charge in [-0.1, -0.05) is 32.3 Å². The third-order valence-electron chi connectivity index (χ3n) is 12.7. The predicted octanol–water partition coefficient (Wildman–Crippen LogP) is 4.20. The Morgan fingerprint density at radius 3 is 2.56 bits per heavy atom. The van der Waals surface area contributed by atoms with Gasteiger partial charge >= 0.3 is 12.1 Å². The number of hydrogen-bond donors (Lipinski definition) is 6. The summed E-state index contributed by atoms with van der Waals surface area (Å²) in [6, 6.07) is 7.73. The molecule has 3 aliphatic heterocycles. The van der Waals surface area contributed by atoms with Crippen molar-refractivity contribution in [3.8, 4) is 29.0 Å². The van der Waals surface area contributed by atoms with Crippen LogP contribution in [0.3, 0.4) is 0 Å². The van der Waals surface area contributed by atoms with Crippen LogP contribution in [-0.2, 0) is 61.1 Å². The Hall–Kier alpha value is -6.43. The van der Waals surface area contributed by atoms with Gasteiger partial charge in [0.25, 0.3) is 11.5 Å². The number of ether oxygens (including phenoxy) is 5. The van der Waals surface area contributed by atoms with Gasteiger partial charge in [-0.15, -0.1) is 5.92 Å². The van der Waals surface area contributed by atoms with E-state index in [1.54, 1.807) is 23.6 Å². The minimum absolute atomic E-state index is 0.116. The van der Waals surface area contributed by atoms with E-state index in [9.17, 15) is 43.7 Å². The molecule has 0 saturated carbocycles. The Morgan fingerprint density at radius 1 is 0.986 bits per heavy atom. The molecule has 2 aromatic heterocycles. The predicted molar refractivity (Wildman–Crippen MR) is 252 cm³/mol. The second-order valence-electron chi connectivity index (χ2n) is 17.4. The molecule has 3 amide bonds. The van der Waals surface area contributed by atoms with Crippen molar-refractivity contribution in [2.45, 2.75) is 135 Å². The van der Waals surface area contributed by atoms with Crippen LogP contribution in [-0.4, -0.2) is 99.7 Å². The minimum Gasteiger partial charge on any atom is -0.464 e. The molecule has 0 bridgehead atoms. The number of aromatic nitrogens is 2. The van der Waals surface area contributed by atoms with Crippen LogP contribution in [0.1, 0.15) is 121 Å². The molecule has 70 heavy (non-hydrogen) atoms. The van der Waals surface area contributed by atoms with E-state index < -0.39 is 42.6 Å². The van der Waals surface area contributed by atoms with Crippen molar-refractivity contribution in [3.63, 3.8) is 0 Å². The number of nitrogens with zero attached hydrogens (tertiary/aromatic N) is 2. The second-order valence-corrected chi connectivity index (χ2v) is 17.4. The highest BCUT2D eigenvalue weighted by molar-refractivity contribution is 5.97. The number of carbonyl (C=O) groups excluding carboxylic acids is 4. The Bertz CT molecular complexity index is 2750. The summed E-state index contributed by atoms with van der Waals surface area (Å²) in [6.45, 7) is 5.79. The Morgan fingerprint density at radius 2 is 1.77 bits per heavy atom. The maximum absolute atomic E-state index is 14.5. The number of pyridine rings is 2. The number of carbonyl (C=O) groups is 4. The summed E-state index contributed by atoms with van der Waals surface area (Å²) in [7, 11) is 0. The Balaban J connectivity index is 0.000000206. The van der Waals surface area contributed by atoms with Crippen LogP contribution in [0.25, 0.3) is 22.3 Å². The van der Waals surface area contributed by atoms with Crippen LogP contribution in [0, 0.1) is 24.6 Å². The van der Waals surface area contributed by atoms with Crippen LogP contribution in [0.2, 0.25) is 0 Å². The van der Waals surface area contributed by atoms with Crippen LogP contribution >= 0.6 is 0 Å². The normalized spacial score (nSPS) is 20.7. The molecule has 18 nitrogen and oxygen atoms in total. The molecule has 4 aromatic rings. The summed E-state index contributed by atoms with van der Waals surface area (Å²) in [5, 5.41) is 36.1. The van der Waals surface area contributed by atoms with Crippen molar-refractivity contribution in [2.24, 2.45) is 5.73 Å². The summed E-state index contributed by atoms with van der Waals surface area (Å²) in [5.74, 6) is 4.44. The third kappa shape index (κ3) is 11.8. The highest BCUT2D eigenvalue weighted by Crippen LogP contribution is 2.42. The summed E-state index contributed by atoms with van der Waals surface area (Å²) in [5.41, 5.74) is 11.5. The maximum Gasteiger partial charge on any atom is 0.404 e. The number of cyclic esters (lactones) is 1. The lowest BCUT2D eigenvalue weighted by Gasteiger charge is -2.32. The number of benzene rings is 2. The number of aliphatic hydroxyl groups is 3. The number of amides is 3. The molecule has 4 unspecified atom stereocenters. The number of hydrogen-bond acceptors (Lipinski definition) is 14. The van der Waals surface area contributed by atoms with Crippen molar-refractivity contribution in [1.29, 1.82) is 0 Å². The lowest BCUT2D eigenvalue weighted by Crippen LogP contribution is -2.40. The van der Waals surface area contributed by atoms with Gasteiger partial charge in [0.1, 0.15) is 37.5 Å². The van der Waals surface area contributed by atoms with Gasteiger partial charge in [-0.25, -0.2) is 19.0 Å². The van der Waals surface area contributed by atoms with Gasteiger partial charge in [-0.2, -0.15) is 0 Å². The molecule has 2 aromatic carbocycles. The van der Waals surface area contributed by atoms with Crippen molar-refractivity contribution in [1.82, 2.24) is 20.2 Å². The number of fused-ring (bicyclic) bond motifs is 5. The van der Waals surface area contributed by atoms with Gasteiger partial charge in [0, 0.05) is 54.9 Å². The number of nitrogens with two attached hydrogens (primary N) is 1. The fourth-order valence-corrected chi connectivity index (χ4v) is 9.25. The van der Waals surface area contributed by atoms with E-state index in [1.165, 1.54) is 18.2 Å². The second kappa shape index (κ2) is 23.5. The average Bonchev–Trinajstić information content (AvgIpc) is 3.72. The zero-order valence-corrected chi connectivity index (χ0v) is 39.6. The first-order chi connectivity index (χ1) is 33.8. The number of aliphatic hydroxyl groups excluding tert-OH is 3. The van der Waals surface area contributed by atoms with Gasteiger partial charge in [-0.05, 0) is 85.9 Å². The van der Waals surface area contributed by atoms with Gasteiger partial charge < -0.3 is 59.9 Å². The molecule has 19 heteroatoms. The fourth-order valence-electron chi connectivity index (χ4n) is 9.25. The van der Waals surface area contributed by atoms with Gasteiger partial charge in [0.2, 0.25) is 12.2 Å². The fraction of sp³-hybridized carbons (Fsp3) is 0.490. The molecule has 0 radical (unpaired) electrons. The molecule has 2 aliphatic carbocycles. The van der Waals surface area contributed by atoms with Gasteiger partial charge in [-0.3, -0.25) is 14.4 Å². The minimum atomic E-state index is -1.48. The molecule has 1 saturated heterocycles. The summed E-state index contributed by atoms with van der Waals surface area (Å²) in [6.07, 6.45) is 3.00. The number of halogens is 1. The van der Waals surface area contributed by atoms with E-state index in [-0.39, 0.29) is 92.6 Å². The highest BCUT2D eigenvalue weighted by atomic mass is 19.1. The monoisotopic (exact) mass is 969 g/mol. The lowest BCUT2D eigenvalue weighted by molar-refractivity contribution is -0.184. The van der Waals surface area contributed by atoms with E-state index in [0.717, 1.165) is 73.4 Å². The largest absolute Gasteiger partial charge is 0.464 e. The van der Waals surface area contributed by atoms with Crippen molar-refractivity contribution in [3.05, 3.63) is 91.0 Å². The Labute approximate surface area is 404 Å². The van der Waals surface area contributed by atoms with E-state index in [4.69, 9.17) is 34.4 Å². The highest BCUT2D eigenvalue weighted by Gasteiger charge is 2.36. The molecular formula is C51H60FN5O13. The number of aryl methyl sites for hydroxylation is 2. The van der Waals surface area contributed by atoms with E-state index >= 15 is 0 Å². The van der Waals surface area contributed by atoms with E-state index in [0.29, 0.717) is 40.1 Å². The van der Waals surface area contributed by atoms with Gasteiger partial charge in [0.15, 0.2) is 6.10 Å². The summed E-state index contributed by atoms with van der Waals surface area (Å²) < 4.78 is 43.0. The first-order valence-electron chi connectivity index (χ1n) is 23.9. The number of rotatable bonds is 12. The smallest absolute Gasteiger partial charge is 0.404 e. The first kappa shape index (κ1) is 51.4. The van der Waals surface area contributed by atoms with E-state index in [2.05, 4.69) is 22.5 Å². The van der Waals surface area contributed by atoms with Crippen LogP contribution in [0.5, 0.6) is 5.75 Å². The number of esters is 1. The van der Waals surface area contributed by atoms with Crippen molar-refractivity contribution < 1.29 is 62.6 Å². The number of nitrogens with one attached hydrogen (secondary N) is 2. The molecular weight excluding hydrogens is 910 g/mol. The molecule has 7 N–H and O–H groups in total. The number of primary amides is 1. The molecule has 5 atom stereocenters. The average molecular weight is 970 g/mol. The summed E-state index contributed by atoms with van der Waals surface area (Å²) in [4.78, 5) is 65.7. The SMILES string of the molecule is CC.Cc1c(F)cc2nc3c(c4c2c1CCC4)Cn1c-3cc2c(c1=O)COC(=O)C2O.NC(=O)OCc1ccc(OC2C[C@@H](O)CC(CO)O2)c(C(=O)NCCNC(=O)COC2C#CCCCCC2)c1. The standard InChI is InChI=1S/C27H37N3O9.C22H17FN2O4.C2H6/c28-27(35)37-16-18-8-9-23(39-25-14-19(32)13-21(15-31)38-25)22(12-18)26(34)30-11-10-29-24(33)17-36-20-6-4-2-1-3-5-7-20;1-9-10-3-2-4-11-13-7-25-17(19(13)24-16(18(10)11)6-15(9)23)5-12-14(21(25)27)8-29-22(28)20(12)26;1-2/h8-9,12,19-21,25,31-32H,1-4,6,10-11,13-17H2,(H2,28,35)(H,29,33)(H,30,34);5-6,20,26H,2-4,7-8H2,1H3;1-2H3/t19-,20?,21?,25?;;/m0../s1. The molecule has 5 heterocycles. The maximum atomic E-state index is 14.5. The van der Waals surface area contributed by atoms with Gasteiger partial charge in [0.05, 0.1) is 53.4 Å². The third-order valence-corrected chi connectivity index (χ3v) is 12.7.